The topological polar surface area (TPSA) is 26.7 Å². The monoisotopic (exact) mass is 234 g/mol. The predicted octanol–water partition coefficient (Wildman–Crippen LogP) is 2.09. The average molecular weight is 234 g/mol. The fourth-order valence-electron chi connectivity index (χ4n) is 2.53. The minimum absolute atomic E-state index is 0.349. The summed E-state index contributed by atoms with van der Waals surface area (Å²) in [5.41, 5.74) is 1.31. The van der Waals surface area contributed by atoms with Crippen molar-refractivity contribution in [3.8, 4) is 5.75 Å². The fourth-order valence-corrected chi connectivity index (χ4v) is 2.53. The van der Waals surface area contributed by atoms with Gasteiger partial charge in [0.05, 0.1) is 0 Å². The fraction of sp³-hybridized carbons (Fsp3) is 0.571. The first kappa shape index (κ1) is 12.4. The Morgan fingerprint density at radius 1 is 1.12 bits per heavy atom. The Morgan fingerprint density at radius 2 is 1.71 bits per heavy atom. The molecule has 1 N–H and O–H groups in total. The number of aromatic hydroxyl groups is 1. The average Bonchev–Trinajstić information content (AvgIpc) is 2.35. The van der Waals surface area contributed by atoms with Crippen molar-refractivity contribution < 1.29 is 5.11 Å². The molecule has 3 heteroatoms. The molecule has 0 saturated carbocycles. The Bertz CT molecular complexity index is 342. The zero-order valence-corrected chi connectivity index (χ0v) is 10.8. The molecule has 1 aliphatic rings. The molecular weight excluding hydrogens is 212 g/mol. The van der Waals surface area contributed by atoms with Crippen LogP contribution in [0.4, 0.5) is 0 Å². The molecule has 1 aromatic rings. The molecule has 1 saturated heterocycles. The van der Waals surface area contributed by atoms with Gasteiger partial charge in [0, 0.05) is 32.2 Å². The second kappa shape index (κ2) is 5.52. The summed E-state index contributed by atoms with van der Waals surface area (Å²) in [6.45, 7) is 6.80. The van der Waals surface area contributed by atoms with Gasteiger partial charge in [0.1, 0.15) is 5.75 Å². The quantitative estimate of drug-likeness (QED) is 0.867. The second-order valence-electron chi connectivity index (χ2n) is 4.85. The van der Waals surface area contributed by atoms with Crippen LogP contribution in [-0.4, -0.2) is 48.1 Å². The number of rotatable bonds is 3. The molecule has 1 atom stereocenters. The maximum Gasteiger partial charge on any atom is 0.115 e. The summed E-state index contributed by atoms with van der Waals surface area (Å²) in [6.07, 6.45) is 1.12. The second-order valence-corrected chi connectivity index (χ2v) is 4.85. The van der Waals surface area contributed by atoms with Gasteiger partial charge in [0.15, 0.2) is 0 Å². The summed E-state index contributed by atoms with van der Waals surface area (Å²) in [7, 11) is 2.18. The van der Waals surface area contributed by atoms with Crippen LogP contribution in [0.1, 0.15) is 24.9 Å². The zero-order chi connectivity index (χ0) is 12.3. The number of nitrogens with zero attached hydrogens (tertiary/aromatic N) is 2. The van der Waals surface area contributed by atoms with E-state index in [2.05, 4.69) is 23.8 Å². The van der Waals surface area contributed by atoms with Gasteiger partial charge in [-0.25, -0.2) is 0 Å². The Labute approximate surface area is 104 Å². The minimum Gasteiger partial charge on any atom is -0.508 e. The summed E-state index contributed by atoms with van der Waals surface area (Å²) < 4.78 is 0. The first-order valence-electron chi connectivity index (χ1n) is 6.42. The maximum atomic E-state index is 9.34. The number of hydrogen-bond donors (Lipinski definition) is 1. The standard InChI is InChI=1S/C14H22N2O/c1-3-14(12-4-6-13(17)7-5-12)16-10-8-15(2)9-11-16/h4-7,14,17H,3,8-11H2,1-2H3. The Morgan fingerprint density at radius 3 is 2.24 bits per heavy atom. The number of benzene rings is 1. The number of piperazine rings is 1. The molecule has 0 bridgehead atoms. The minimum atomic E-state index is 0.349. The van der Waals surface area contributed by atoms with E-state index in [1.165, 1.54) is 5.56 Å². The first-order valence-corrected chi connectivity index (χ1v) is 6.42. The number of phenols is 1. The number of likely N-dealkylation sites (N-methyl/N-ethyl adjacent to an activating group) is 1. The highest BCUT2D eigenvalue weighted by atomic mass is 16.3. The molecule has 1 aromatic carbocycles. The van der Waals surface area contributed by atoms with Crippen LogP contribution in [0.3, 0.4) is 0 Å². The molecule has 0 aliphatic carbocycles. The Balaban J connectivity index is 2.08. The van der Waals surface area contributed by atoms with Gasteiger partial charge >= 0.3 is 0 Å². The highest BCUT2D eigenvalue weighted by Crippen LogP contribution is 2.26. The van der Waals surface area contributed by atoms with Crippen LogP contribution < -0.4 is 0 Å². The molecule has 0 radical (unpaired) electrons. The van der Waals surface area contributed by atoms with Crippen LogP contribution in [0.15, 0.2) is 24.3 Å². The van der Waals surface area contributed by atoms with Gasteiger partial charge in [-0.1, -0.05) is 19.1 Å². The van der Waals surface area contributed by atoms with Crippen molar-refractivity contribution >= 4 is 0 Å². The zero-order valence-electron chi connectivity index (χ0n) is 10.8. The van der Waals surface area contributed by atoms with Crippen LogP contribution >= 0.6 is 0 Å². The van der Waals surface area contributed by atoms with E-state index in [0.717, 1.165) is 32.6 Å². The third-order valence-corrected chi connectivity index (χ3v) is 3.64. The third-order valence-electron chi connectivity index (χ3n) is 3.64. The molecule has 0 aromatic heterocycles. The molecule has 1 unspecified atom stereocenters. The summed E-state index contributed by atoms with van der Waals surface area (Å²) in [5.74, 6) is 0.349. The van der Waals surface area contributed by atoms with E-state index in [0.29, 0.717) is 11.8 Å². The van der Waals surface area contributed by atoms with Crippen molar-refractivity contribution in [2.24, 2.45) is 0 Å². The van der Waals surface area contributed by atoms with Gasteiger partial charge in [-0.15, -0.1) is 0 Å². The van der Waals surface area contributed by atoms with E-state index in [4.69, 9.17) is 0 Å². The van der Waals surface area contributed by atoms with Gasteiger partial charge in [-0.2, -0.15) is 0 Å². The number of hydrogen-bond acceptors (Lipinski definition) is 3. The first-order chi connectivity index (χ1) is 8.20. The highest BCUT2D eigenvalue weighted by Gasteiger charge is 2.22. The van der Waals surface area contributed by atoms with Crippen LogP contribution in [-0.2, 0) is 0 Å². The van der Waals surface area contributed by atoms with Gasteiger partial charge in [0.25, 0.3) is 0 Å². The Hall–Kier alpha value is -1.06. The normalized spacial score (nSPS) is 20.4. The van der Waals surface area contributed by atoms with Crippen molar-refractivity contribution in [3.05, 3.63) is 29.8 Å². The van der Waals surface area contributed by atoms with Crippen LogP contribution in [0.5, 0.6) is 5.75 Å². The van der Waals surface area contributed by atoms with E-state index >= 15 is 0 Å². The molecule has 2 rings (SSSR count). The van der Waals surface area contributed by atoms with Crippen molar-refractivity contribution in [2.45, 2.75) is 19.4 Å². The van der Waals surface area contributed by atoms with Crippen LogP contribution in [0.2, 0.25) is 0 Å². The molecule has 1 aliphatic heterocycles. The molecule has 1 fully saturated rings. The lowest BCUT2D eigenvalue weighted by atomic mass is 10.0. The lowest BCUT2D eigenvalue weighted by Gasteiger charge is -2.37. The van der Waals surface area contributed by atoms with E-state index in [1.807, 2.05) is 12.1 Å². The summed E-state index contributed by atoms with van der Waals surface area (Å²) in [5, 5.41) is 9.34. The number of phenolic OH excluding ortho intramolecular Hbond substituents is 1. The van der Waals surface area contributed by atoms with Crippen LogP contribution in [0, 0.1) is 0 Å². The summed E-state index contributed by atoms with van der Waals surface area (Å²) in [6, 6.07) is 8.15. The molecule has 0 spiro atoms. The summed E-state index contributed by atoms with van der Waals surface area (Å²) in [4.78, 5) is 4.92. The van der Waals surface area contributed by atoms with Crippen molar-refractivity contribution in [1.82, 2.24) is 9.80 Å². The Kier molecular flexibility index (Phi) is 4.02. The molecule has 3 nitrogen and oxygen atoms in total. The molecule has 94 valence electrons. The molecule has 1 heterocycles. The molecule has 0 amide bonds. The molecular formula is C14H22N2O. The maximum absolute atomic E-state index is 9.34. The van der Waals surface area contributed by atoms with Gasteiger partial charge in [0.2, 0.25) is 0 Å². The van der Waals surface area contributed by atoms with Gasteiger partial charge < -0.3 is 10.0 Å². The largest absolute Gasteiger partial charge is 0.508 e. The molecule has 17 heavy (non-hydrogen) atoms. The lowest BCUT2D eigenvalue weighted by Crippen LogP contribution is -2.45. The highest BCUT2D eigenvalue weighted by molar-refractivity contribution is 5.28. The van der Waals surface area contributed by atoms with Crippen molar-refractivity contribution in [3.63, 3.8) is 0 Å². The SMILES string of the molecule is CCC(c1ccc(O)cc1)N1CCN(C)CC1. The third kappa shape index (κ3) is 2.99. The van der Waals surface area contributed by atoms with Crippen molar-refractivity contribution in [2.75, 3.05) is 33.2 Å². The van der Waals surface area contributed by atoms with Gasteiger partial charge in [-0.05, 0) is 31.2 Å². The van der Waals surface area contributed by atoms with E-state index in [9.17, 15) is 5.11 Å². The van der Waals surface area contributed by atoms with Crippen LogP contribution in [0.25, 0.3) is 0 Å². The smallest absolute Gasteiger partial charge is 0.115 e. The van der Waals surface area contributed by atoms with E-state index in [-0.39, 0.29) is 0 Å². The lowest BCUT2D eigenvalue weighted by molar-refractivity contribution is 0.109. The van der Waals surface area contributed by atoms with E-state index in [1.54, 1.807) is 12.1 Å². The predicted molar refractivity (Wildman–Crippen MR) is 70.2 cm³/mol. The van der Waals surface area contributed by atoms with Crippen molar-refractivity contribution in [1.29, 1.82) is 0 Å². The summed E-state index contributed by atoms with van der Waals surface area (Å²) >= 11 is 0. The van der Waals surface area contributed by atoms with Gasteiger partial charge in [-0.3, -0.25) is 4.90 Å². The van der Waals surface area contributed by atoms with E-state index < -0.39 is 0 Å².